The molecule has 0 saturated carbocycles. The Morgan fingerprint density at radius 1 is 0.417 bits per heavy atom. The molecule has 0 aliphatic heterocycles. The normalized spacial score (nSPS) is 12.1. The molecule has 8 rings (SSSR count). The summed E-state index contributed by atoms with van der Waals surface area (Å²) < 4.78 is 1.11. The Labute approximate surface area is 369 Å². The molecule has 22 radical (unpaired) electrons. The Hall–Kier alpha value is -5.39. The second-order valence-corrected chi connectivity index (χ2v) is 15.3. The first-order chi connectivity index (χ1) is 28.8. The quantitative estimate of drug-likeness (QED) is 0.116. The Morgan fingerprint density at radius 2 is 0.833 bits per heavy atom. The highest BCUT2D eigenvalue weighted by atomic mass is 32.1. The van der Waals surface area contributed by atoms with Gasteiger partial charge in [0.15, 0.2) is 5.84 Å². The maximum absolute atomic E-state index is 7.05. The largest absolute Gasteiger partial charge is 0.383 e. The van der Waals surface area contributed by atoms with E-state index in [9.17, 15) is 0 Å². The molecule has 0 saturated heterocycles. The standard InChI is InChI=1S/C45H22B11N3S/c46-31-26(27-30-32(47)28(29-33(48)37(52)39(54)38(53)34(29)49)35(50)40(55)43(30)60-42(27)41(56)36(31)51)19-58-45(59-44(57)24-9-5-2-6-10-24)25-17-15-23(16-18-25)22-13-11-21(12-14-22)20-7-3-1-4-8-20/h1-18H,19H2,(H2,57,58,59). The van der Waals surface area contributed by atoms with Crippen molar-refractivity contribution in [3.05, 3.63) is 126 Å². The molecule has 3 nitrogen and oxygen atoms in total. The molecule has 60 heavy (non-hydrogen) atoms. The highest BCUT2D eigenvalue weighted by molar-refractivity contribution is 7.28. The minimum Gasteiger partial charge on any atom is -0.383 e. The van der Waals surface area contributed by atoms with Crippen molar-refractivity contribution >= 4 is 190 Å². The van der Waals surface area contributed by atoms with Crippen LogP contribution in [0.2, 0.25) is 0 Å². The predicted molar refractivity (Wildman–Crippen MR) is 269 cm³/mol. The molecule has 0 atom stereocenters. The number of aliphatic imine (C=N–C) groups is 2. The van der Waals surface area contributed by atoms with Crippen molar-refractivity contribution in [2.45, 2.75) is 6.54 Å². The van der Waals surface area contributed by atoms with E-state index in [2.05, 4.69) is 36.4 Å². The van der Waals surface area contributed by atoms with E-state index in [0.29, 0.717) is 37.1 Å². The summed E-state index contributed by atoms with van der Waals surface area (Å²) in [7, 11) is 72.2. The lowest BCUT2D eigenvalue weighted by atomic mass is 9.57. The number of nitrogens with zero attached hydrogens (tertiary/aromatic N) is 2. The molecule has 0 aliphatic rings. The number of thiophene rings is 1. The first-order valence-electron chi connectivity index (χ1n) is 18.7. The number of amidine groups is 2. The number of fused-ring (bicyclic) bond motifs is 3. The Morgan fingerprint density at radius 3 is 1.40 bits per heavy atom. The van der Waals surface area contributed by atoms with Crippen LogP contribution in [0.15, 0.2) is 119 Å². The number of hydrogen-bond acceptors (Lipinski definition) is 2. The molecule has 0 spiro atoms. The van der Waals surface area contributed by atoms with Crippen LogP contribution >= 0.6 is 11.3 Å². The molecule has 0 unspecified atom stereocenters. The zero-order valence-corrected chi connectivity index (χ0v) is 33.1. The van der Waals surface area contributed by atoms with Crippen molar-refractivity contribution in [2.75, 3.05) is 0 Å². The van der Waals surface area contributed by atoms with E-state index in [1.165, 1.54) is 11.3 Å². The van der Waals surface area contributed by atoms with Gasteiger partial charge in [0.1, 0.15) is 92.1 Å². The van der Waals surface area contributed by atoms with E-state index in [-0.39, 0.29) is 83.6 Å². The van der Waals surface area contributed by atoms with E-state index in [4.69, 9.17) is 102 Å². The Kier molecular flexibility index (Phi) is 11.4. The molecule has 0 bridgehead atoms. The summed E-state index contributed by atoms with van der Waals surface area (Å²) in [5, 5.41) is 1.06. The van der Waals surface area contributed by atoms with Gasteiger partial charge in [-0.3, -0.25) is 4.99 Å². The van der Waals surface area contributed by atoms with Crippen molar-refractivity contribution in [3.8, 4) is 33.4 Å². The van der Waals surface area contributed by atoms with Crippen LogP contribution in [0.4, 0.5) is 0 Å². The molecular weight excluding hydrogens is 734 g/mol. The van der Waals surface area contributed by atoms with Gasteiger partial charge < -0.3 is 5.73 Å². The Bertz CT molecular complexity index is 3030. The minimum absolute atomic E-state index is 0.0205. The fourth-order valence-corrected chi connectivity index (χ4v) is 8.72. The molecule has 8 aromatic rings. The average molecular weight is 756 g/mol. The monoisotopic (exact) mass is 757 g/mol. The second-order valence-electron chi connectivity index (χ2n) is 14.3. The summed E-state index contributed by atoms with van der Waals surface area (Å²) in [5.74, 6) is 0.607. The maximum Gasteiger partial charge on any atom is 0.157 e. The summed E-state index contributed by atoms with van der Waals surface area (Å²) in [4.78, 5) is 9.90. The summed E-state index contributed by atoms with van der Waals surface area (Å²) >= 11 is 1.27. The highest BCUT2D eigenvalue weighted by Crippen LogP contribution is 2.34. The van der Waals surface area contributed by atoms with Crippen LogP contribution in [-0.4, -0.2) is 98.0 Å². The zero-order valence-electron chi connectivity index (χ0n) is 32.3. The third-order valence-corrected chi connectivity index (χ3v) is 12.1. The Balaban J connectivity index is 1.29. The minimum atomic E-state index is -0.0205. The molecular formula is C45H22B11N3S. The van der Waals surface area contributed by atoms with Crippen molar-refractivity contribution in [2.24, 2.45) is 15.7 Å². The molecule has 1 heterocycles. The van der Waals surface area contributed by atoms with Gasteiger partial charge in [-0.1, -0.05) is 147 Å². The van der Waals surface area contributed by atoms with Crippen LogP contribution < -0.4 is 65.8 Å². The first kappa shape index (κ1) is 41.4. The summed E-state index contributed by atoms with van der Waals surface area (Å²) in [6.07, 6.45) is 0. The van der Waals surface area contributed by atoms with Crippen LogP contribution in [0.3, 0.4) is 0 Å². The third-order valence-electron chi connectivity index (χ3n) is 10.8. The fourth-order valence-electron chi connectivity index (χ4n) is 7.43. The van der Waals surface area contributed by atoms with E-state index in [0.717, 1.165) is 27.8 Å². The average Bonchev–Trinajstić information content (AvgIpc) is 3.68. The predicted octanol–water partition coefficient (Wildman–Crippen LogP) is -1.86. The van der Waals surface area contributed by atoms with Crippen LogP contribution in [-0.2, 0) is 6.54 Å². The smallest absolute Gasteiger partial charge is 0.157 e. The lowest BCUT2D eigenvalue weighted by Crippen LogP contribution is -2.56. The molecule has 0 amide bonds. The van der Waals surface area contributed by atoms with Crippen molar-refractivity contribution in [1.82, 2.24) is 0 Å². The fraction of sp³-hybridized carbons (Fsp3) is 0.0222. The van der Waals surface area contributed by atoms with Gasteiger partial charge in [-0.25, -0.2) is 4.99 Å². The van der Waals surface area contributed by atoms with Crippen molar-refractivity contribution < 1.29 is 0 Å². The van der Waals surface area contributed by atoms with E-state index in [1.54, 1.807) is 0 Å². The third kappa shape index (κ3) is 7.19. The van der Waals surface area contributed by atoms with Crippen molar-refractivity contribution in [3.63, 3.8) is 0 Å². The molecule has 7 aromatic carbocycles. The van der Waals surface area contributed by atoms with Gasteiger partial charge >= 0.3 is 0 Å². The molecule has 256 valence electrons. The topological polar surface area (TPSA) is 50.7 Å². The highest BCUT2D eigenvalue weighted by Gasteiger charge is 2.24. The SMILES string of the molecule is [B]c1c([B])c([B])c(-c2c([B])c([B])c3sc4c([B])c([B])c([B])c(CN=C(N=C(N)c5ccccc5)c5ccc(-c6ccc(-c7ccccc7)cc6)cc5)c4c3c2[B])c([B])c1[B]. The van der Waals surface area contributed by atoms with E-state index in [1.807, 2.05) is 72.8 Å². The zero-order chi connectivity index (χ0) is 42.6. The number of benzene rings is 7. The second kappa shape index (κ2) is 16.6. The van der Waals surface area contributed by atoms with E-state index >= 15 is 0 Å². The van der Waals surface area contributed by atoms with Crippen LogP contribution in [0.5, 0.6) is 0 Å². The van der Waals surface area contributed by atoms with Gasteiger partial charge in [0.05, 0.1) is 6.54 Å². The summed E-state index contributed by atoms with van der Waals surface area (Å²) in [5.41, 5.74) is 14.6. The van der Waals surface area contributed by atoms with Gasteiger partial charge in [-0.2, -0.15) is 0 Å². The maximum atomic E-state index is 7.05. The van der Waals surface area contributed by atoms with Gasteiger partial charge in [-0.15, -0.1) is 33.2 Å². The van der Waals surface area contributed by atoms with Crippen LogP contribution in [0.1, 0.15) is 16.7 Å². The molecule has 15 heteroatoms. The first-order valence-corrected chi connectivity index (χ1v) is 19.5. The molecule has 2 N–H and O–H groups in total. The van der Waals surface area contributed by atoms with E-state index < -0.39 is 0 Å². The lowest BCUT2D eigenvalue weighted by Gasteiger charge is -2.26. The van der Waals surface area contributed by atoms with Crippen LogP contribution in [0.25, 0.3) is 53.6 Å². The van der Waals surface area contributed by atoms with Gasteiger partial charge in [-0.05, 0) is 44.3 Å². The molecule has 1 aromatic heterocycles. The number of rotatable bonds is 7. The number of hydrogen-bond donors (Lipinski definition) is 1. The van der Waals surface area contributed by atoms with Crippen LogP contribution in [0, 0.1) is 0 Å². The molecule has 0 fully saturated rings. The van der Waals surface area contributed by atoms with Gasteiger partial charge in [0.25, 0.3) is 0 Å². The number of nitrogens with two attached hydrogens (primary N) is 1. The summed E-state index contributed by atoms with van der Waals surface area (Å²) in [6, 6.07) is 36.0. The lowest BCUT2D eigenvalue weighted by molar-refractivity contribution is 1.09. The molecule has 0 aliphatic carbocycles. The van der Waals surface area contributed by atoms with Gasteiger partial charge in [0, 0.05) is 25.9 Å². The summed E-state index contributed by atoms with van der Waals surface area (Å²) in [6.45, 7) is -0.0205. The van der Waals surface area contributed by atoms with Gasteiger partial charge in [0.2, 0.25) is 0 Å². The van der Waals surface area contributed by atoms with Crippen molar-refractivity contribution in [1.29, 1.82) is 0 Å².